The van der Waals surface area contributed by atoms with E-state index in [-0.39, 0.29) is 5.88 Å². The van der Waals surface area contributed by atoms with Crippen LogP contribution in [-0.2, 0) is 0 Å². The third-order valence-electron chi connectivity index (χ3n) is 2.76. The lowest BCUT2D eigenvalue weighted by molar-refractivity contribution is 0.211. The van der Waals surface area contributed by atoms with Gasteiger partial charge in [-0.1, -0.05) is 19.3 Å². The fourth-order valence-electron chi connectivity index (χ4n) is 1.61. The molecule has 0 aliphatic heterocycles. The van der Waals surface area contributed by atoms with Crippen molar-refractivity contribution in [3.05, 3.63) is 22.6 Å². The maximum Gasteiger partial charge on any atom is 0.250 e. The van der Waals surface area contributed by atoms with E-state index in [1.165, 1.54) is 25.3 Å². The van der Waals surface area contributed by atoms with Gasteiger partial charge in [0.05, 0.1) is 6.61 Å². The summed E-state index contributed by atoms with van der Waals surface area (Å²) in [7, 11) is 0. The molecule has 2 rings (SSSR count). The van der Waals surface area contributed by atoms with E-state index in [1.807, 2.05) is 0 Å². The van der Waals surface area contributed by atoms with Gasteiger partial charge in [-0.15, -0.1) is 0 Å². The van der Waals surface area contributed by atoms with E-state index in [4.69, 9.17) is 4.74 Å². The first kappa shape index (κ1) is 10.9. The van der Waals surface area contributed by atoms with Crippen LogP contribution in [0.1, 0.15) is 25.7 Å². The molecule has 1 fully saturated rings. The van der Waals surface area contributed by atoms with E-state index in [2.05, 4.69) is 20.9 Å². The first-order valence-corrected chi connectivity index (χ1v) is 5.99. The minimum atomic E-state index is -0.405. The number of hydrogen-bond donors (Lipinski definition) is 0. The van der Waals surface area contributed by atoms with E-state index in [9.17, 15) is 4.39 Å². The maximum absolute atomic E-state index is 13.3. The van der Waals surface area contributed by atoms with Crippen LogP contribution >= 0.6 is 15.9 Å². The lowest BCUT2D eigenvalue weighted by Crippen LogP contribution is -2.15. The summed E-state index contributed by atoms with van der Waals surface area (Å²) >= 11 is 3.15. The molecule has 0 unspecified atom stereocenters. The van der Waals surface area contributed by atoms with Crippen LogP contribution in [0, 0.1) is 11.7 Å². The second-order valence-electron chi connectivity index (χ2n) is 3.87. The standard InChI is InChI=1S/C11H13BrFNO/c12-9-6-10(13)11(14-7-9)15-5-4-8-2-1-3-8/h6-8H,1-5H2. The Morgan fingerprint density at radius 1 is 1.53 bits per heavy atom. The molecule has 1 aromatic rings. The summed E-state index contributed by atoms with van der Waals surface area (Å²) in [6.07, 6.45) is 6.47. The lowest BCUT2D eigenvalue weighted by Gasteiger charge is -2.24. The van der Waals surface area contributed by atoms with Crippen molar-refractivity contribution in [2.45, 2.75) is 25.7 Å². The fourth-order valence-corrected chi connectivity index (χ4v) is 1.92. The monoisotopic (exact) mass is 273 g/mol. The molecule has 1 aliphatic rings. The number of ether oxygens (including phenoxy) is 1. The van der Waals surface area contributed by atoms with Crippen LogP contribution in [0.2, 0.25) is 0 Å². The molecule has 1 aromatic heterocycles. The van der Waals surface area contributed by atoms with Crippen molar-refractivity contribution >= 4 is 15.9 Å². The quantitative estimate of drug-likeness (QED) is 0.837. The molecular formula is C11H13BrFNO. The molecule has 0 atom stereocenters. The highest BCUT2D eigenvalue weighted by Gasteiger charge is 2.17. The van der Waals surface area contributed by atoms with Gasteiger partial charge in [-0.2, -0.15) is 0 Å². The maximum atomic E-state index is 13.3. The molecule has 1 aliphatic carbocycles. The van der Waals surface area contributed by atoms with Gasteiger partial charge < -0.3 is 4.74 Å². The summed E-state index contributed by atoms with van der Waals surface area (Å²) in [6.45, 7) is 0.566. The Bertz CT molecular complexity index is 341. The van der Waals surface area contributed by atoms with Crippen LogP contribution in [-0.4, -0.2) is 11.6 Å². The molecule has 0 amide bonds. The predicted molar refractivity (Wildman–Crippen MR) is 59.3 cm³/mol. The van der Waals surface area contributed by atoms with E-state index >= 15 is 0 Å². The number of nitrogens with zero attached hydrogens (tertiary/aromatic N) is 1. The van der Waals surface area contributed by atoms with Crippen molar-refractivity contribution in [1.82, 2.24) is 4.98 Å². The fraction of sp³-hybridized carbons (Fsp3) is 0.545. The molecule has 0 radical (unpaired) electrons. The van der Waals surface area contributed by atoms with Crippen LogP contribution in [0.3, 0.4) is 0 Å². The van der Waals surface area contributed by atoms with Crippen LogP contribution in [0.25, 0.3) is 0 Å². The van der Waals surface area contributed by atoms with Gasteiger partial charge in [-0.05, 0) is 34.3 Å². The number of halogens is 2. The third kappa shape index (κ3) is 2.91. The molecule has 82 valence electrons. The molecule has 4 heteroatoms. The Morgan fingerprint density at radius 2 is 2.33 bits per heavy atom. The SMILES string of the molecule is Fc1cc(Br)cnc1OCCC1CCC1. The lowest BCUT2D eigenvalue weighted by atomic mass is 9.83. The van der Waals surface area contributed by atoms with E-state index in [0.29, 0.717) is 11.1 Å². The minimum Gasteiger partial charge on any atom is -0.476 e. The van der Waals surface area contributed by atoms with Gasteiger partial charge >= 0.3 is 0 Å². The Morgan fingerprint density at radius 3 is 2.93 bits per heavy atom. The molecule has 0 N–H and O–H groups in total. The molecule has 1 saturated carbocycles. The summed E-state index contributed by atoms with van der Waals surface area (Å²) in [5, 5.41) is 0. The Hall–Kier alpha value is -0.640. The van der Waals surface area contributed by atoms with Gasteiger partial charge in [0, 0.05) is 10.7 Å². The van der Waals surface area contributed by atoms with Crippen molar-refractivity contribution in [1.29, 1.82) is 0 Å². The zero-order valence-electron chi connectivity index (χ0n) is 8.38. The molecule has 0 bridgehead atoms. The minimum absolute atomic E-state index is 0.109. The third-order valence-corrected chi connectivity index (χ3v) is 3.20. The van der Waals surface area contributed by atoms with Crippen LogP contribution < -0.4 is 4.74 Å². The molecule has 0 saturated heterocycles. The molecular weight excluding hydrogens is 261 g/mol. The Balaban J connectivity index is 1.81. The second kappa shape index (κ2) is 4.92. The summed E-state index contributed by atoms with van der Waals surface area (Å²) in [5.74, 6) is 0.485. The smallest absolute Gasteiger partial charge is 0.250 e. The highest BCUT2D eigenvalue weighted by molar-refractivity contribution is 9.10. The molecule has 0 spiro atoms. The van der Waals surface area contributed by atoms with Gasteiger partial charge in [0.2, 0.25) is 5.88 Å². The largest absolute Gasteiger partial charge is 0.476 e. The number of rotatable bonds is 4. The van der Waals surface area contributed by atoms with Gasteiger partial charge in [-0.3, -0.25) is 0 Å². The normalized spacial score (nSPS) is 16.1. The van der Waals surface area contributed by atoms with Gasteiger partial charge in [0.25, 0.3) is 0 Å². The number of aromatic nitrogens is 1. The van der Waals surface area contributed by atoms with Gasteiger partial charge in [-0.25, -0.2) is 9.37 Å². The average molecular weight is 274 g/mol. The highest BCUT2D eigenvalue weighted by Crippen LogP contribution is 2.29. The number of pyridine rings is 1. The zero-order chi connectivity index (χ0) is 10.7. The van der Waals surface area contributed by atoms with Crippen molar-refractivity contribution in [3.63, 3.8) is 0 Å². The first-order valence-electron chi connectivity index (χ1n) is 5.19. The average Bonchev–Trinajstić information content (AvgIpc) is 2.12. The van der Waals surface area contributed by atoms with Crippen LogP contribution in [0.5, 0.6) is 5.88 Å². The Kier molecular flexibility index (Phi) is 3.57. The van der Waals surface area contributed by atoms with E-state index in [1.54, 1.807) is 6.20 Å². The molecule has 0 aromatic carbocycles. The highest BCUT2D eigenvalue weighted by atomic mass is 79.9. The number of hydrogen-bond acceptors (Lipinski definition) is 2. The van der Waals surface area contributed by atoms with E-state index in [0.717, 1.165) is 12.3 Å². The van der Waals surface area contributed by atoms with Crippen molar-refractivity contribution in [2.24, 2.45) is 5.92 Å². The summed E-state index contributed by atoms with van der Waals surface area (Å²) in [5.41, 5.74) is 0. The van der Waals surface area contributed by atoms with Crippen molar-refractivity contribution in [2.75, 3.05) is 6.61 Å². The molecule has 2 nitrogen and oxygen atoms in total. The second-order valence-corrected chi connectivity index (χ2v) is 4.79. The molecule has 15 heavy (non-hydrogen) atoms. The van der Waals surface area contributed by atoms with Gasteiger partial charge in [0.15, 0.2) is 5.82 Å². The Labute approximate surface area is 97.0 Å². The summed E-state index contributed by atoms with van der Waals surface area (Å²) in [6, 6.07) is 1.37. The summed E-state index contributed by atoms with van der Waals surface area (Å²) in [4.78, 5) is 3.87. The van der Waals surface area contributed by atoms with Crippen molar-refractivity contribution in [3.8, 4) is 5.88 Å². The van der Waals surface area contributed by atoms with E-state index < -0.39 is 5.82 Å². The molecule has 1 heterocycles. The first-order chi connectivity index (χ1) is 7.25. The van der Waals surface area contributed by atoms with Crippen molar-refractivity contribution < 1.29 is 9.13 Å². The zero-order valence-corrected chi connectivity index (χ0v) is 9.96. The van der Waals surface area contributed by atoms with Crippen LogP contribution in [0.15, 0.2) is 16.7 Å². The topological polar surface area (TPSA) is 22.1 Å². The predicted octanol–water partition coefficient (Wildman–Crippen LogP) is 3.55. The van der Waals surface area contributed by atoms with Crippen LogP contribution in [0.4, 0.5) is 4.39 Å². The summed E-state index contributed by atoms with van der Waals surface area (Å²) < 4.78 is 19.2. The van der Waals surface area contributed by atoms with Gasteiger partial charge in [0.1, 0.15) is 0 Å².